The SMILES string of the molecule is COc1ccc(Cl)cc1NC(=O)COc1c(OC)cc(C)cc1OC. The summed E-state index contributed by atoms with van der Waals surface area (Å²) in [6, 6.07) is 8.55. The minimum atomic E-state index is -0.370. The second kappa shape index (κ2) is 8.48. The summed E-state index contributed by atoms with van der Waals surface area (Å²) in [5, 5.41) is 3.19. The van der Waals surface area contributed by atoms with E-state index in [2.05, 4.69) is 5.32 Å². The Morgan fingerprint density at radius 1 is 1.00 bits per heavy atom. The first-order valence-electron chi connectivity index (χ1n) is 7.47. The summed E-state index contributed by atoms with van der Waals surface area (Å²) < 4.78 is 21.4. The fourth-order valence-electron chi connectivity index (χ4n) is 2.26. The minimum Gasteiger partial charge on any atom is -0.495 e. The van der Waals surface area contributed by atoms with E-state index in [1.54, 1.807) is 30.3 Å². The van der Waals surface area contributed by atoms with E-state index in [1.807, 2.05) is 6.92 Å². The van der Waals surface area contributed by atoms with Gasteiger partial charge in [-0.05, 0) is 42.8 Å². The number of carbonyl (C=O) groups excluding carboxylic acids is 1. The van der Waals surface area contributed by atoms with Gasteiger partial charge in [0, 0.05) is 5.02 Å². The molecule has 0 bridgehead atoms. The molecule has 25 heavy (non-hydrogen) atoms. The van der Waals surface area contributed by atoms with Crippen LogP contribution in [-0.2, 0) is 4.79 Å². The minimum absolute atomic E-state index is 0.231. The van der Waals surface area contributed by atoms with Gasteiger partial charge in [-0.2, -0.15) is 0 Å². The van der Waals surface area contributed by atoms with Crippen LogP contribution in [0.2, 0.25) is 5.02 Å². The van der Waals surface area contributed by atoms with Crippen molar-refractivity contribution in [2.75, 3.05) is 33.3 Å². The van der Waals surface area contributed by atoms with E-state index in [4.69, 9.17) is 30.5 Å². The van der Waals surface area contributed by atoms with Crippen LogP contribution in [-0.4, -0.2) is 33.8 Å². The molecule has 2 aromatic carbocycles. The maximum absolute atomic E-state index is 12.2. The zero-order chi connectivity index (χ0) is 18.4. The van der Waals surface area contributed by atoms with Crippen LogP contribution in [0.1, 0.15) is 5.56 Å². The molecule has 0 spiro atoms. The van der Waals surface area contributed by atoms with Crippen LogP contribution in [0.15, 0.2) is 30.3 Å². The number of hydrogen-bond acceptors (Lipinski definition) is 5. The molecule has 0 aromatic heterocycles. The third-order valence-electron chi connectivity index (χ3n) is 3.39. The van der Waals surface area contributed by atoms with E-state index < -0.39 is 0 Å². The van der Waals surface area contributed by atoms with Crippen molar-refractivity contribution in [3.63, 3.8) is 0 Å². The molecule has 0 aliphatic heterocycles. The molecule has 2 rings (SSSR count). The number of aryl methyl sites for hydroxylation is 1. The van der Waals surface area contributed by atoms with Crippen molar-refractivity contribution in [1.29, 1.82) is 0 Å². The fraction of sp³-hybridized carbons (Fsp3) is 0.278. The third kappa shape index (κ3) is 4.70. The van der Waals surface area contributed by atoms with Crippen LogP contribution in [0.3, 0.4) is 0 Å². The Morgan fingerprint density at radius 3 is 2.16 bits per heavy atom. The molecule has 0 heterocycles. The Morgan fingerprint density at radius 2 is 1.60 bits per heavy atom. The van der Waals surface area contributed by atoms with Crippen LogP contribution in [0, 0.1) is 6.92 Å². The number of hydrogen-bond donors (Lipinski definition) is 1. The number of amides is 1. The highest BCUT2D eigenvalue weighted by molar-refractivity contribution is 6.31. The average Bonchev–Trinajstić information content (AvgIpc) is 2.60. The van der Waals surface area contributed by atoms with Crippen molar-refractivity contribution in [3.8, 4) is 23.0 Å². The predicted octanol–water partition coefficient (Wildman–Crippen LogP) is 3.69. The molecule has 2 aromatic rings. The number of benzene rings is 2. The molecule has 0 fully saturated rings. The summed E-state index contributed by atoms with van der Waals surface area (Å²) in [6.07, 6.45) is 0. The molecule has 0 unspecified atom stereocenters. The number of methoxy groups -OCH3 is 3. The number of ether oxygens (including phenoxy) is 4. The Hall–Kier alpha value is -2.60. The molecular formula is C18H20ClNO5. The molecule has 0 saturated carbocycles. The molecule has 1 N–H and O–H groups in total. The number of rotatable bonds is 7. The summed E-state index contributed by atoms with van der Waals surface area (Å²) in [4.78, 5) is 12.2. The molecule has 6 nitrogen and oxygen atoms in total. The summed E-state index contributed by atoms with van der Waals surface area (Å²) in [7, 11) is 4.56. The van der Waals surface area contributed by atoms with Crippen molar-refractivity contribution in [1.82, 2.24) is 0 Å². The highest BCUT2D eigenvalue weighted by atomic mass is 35.5. The van der Waals surface area contributed by atoms with E-state index in [1.165, 1.54) is 21.3 Å². The molecule has 0 radical (unpaired) electrons. The Balaban J connectivity index is 2.12. The molecule has 0 aliphatic rings. The van der Waals surface area contributed by atoms with Gasteiger partial charge in [-0.15, -0.1) is 0 Å². The Bertz CT molecular complexity index is 738. The van der Waals surface area contributed by atoms with Gasteiger partial charge in [0.15, 0.2) is 18.1 Å². The van der Waals surface area contributed by atoms with Crippen molar-refractivity contribution in [2.24, 2.45) is 0 Å². The quantitative estimate of drug-likeness (QED) is 0.810. The third-order valence-corrected chi connectivity index (χ3v) is 3.62. The lowest BCUT2D eigenvalue weighted by Gasteiger charge is -2.15. The van der Waals surface area contributed by atoms with Crippen LogP contribution >= 0.6 is 11.6 Å². The van der Waals surface area contributed by atoms with Crippen LogP contribution in [0.4, 0.5) is 5.69 Å². The van der Waals surface area contributed by atoms with Crippen LogP contribution < -0.4 is 24.3 Å². The van der Waals surface area contributed by atoms with E-state index in [-0.39, 0.29) is 12.5 Å². The number of nitrogens with one attached hydrogen (secondary N) is 1. The molecule has 0 atom stereocenters. The fourth-order valence-corrected chi connectivity index (χ4v) is 2.43. The largest absolute Gasteiger partial charge is 0.495 e. The van der Waals surface area contributed by atoms with Gasteiger partial charge in [0.25, 0.3) is 5.91 Å². The van der Waals surface area contributed by atoms with Gasteiger partial charge in [-0.3, -0.25) is 4.79 Å². The first kappa shape index (κ1) is 18.7. The number of anilines is 1. The van der Waals surface area contributed by atoms with E-state index in [0.29, 0.717) is 33.7 Å². The lowest BCUT2D eigenvalue weighted by molar-refractivity contribution is -0.118. The Labute approximate surface area is 151 Å². The van der Waals surface area contributed by atoms with Gasteiger partial charge in [-0.1, -0.05) is 11.6 Å². The predicted molar refractivity (Wildman–Crippen MR) is 96.4 cm³/mol. The summed E-state index contributed by atoms with van der Waals surface area (Å²) in [5.41, 5.74) is 1.42. The maximum atomic E-state index is 12.2. The van der Waals surface area contributed by atoms with E-state index >= 15 is 0 Å². The van der Waals surface area contributed by atoms with Gasteiger partial charge < -0.3 is 24.3 Å². The van der Waals surface area contributed by atoms with E-state index in [0.717, 1.165) is 5.56 Å². The summed E-state index contributed by atoms with van der Waals surface area (Å²) in [6.45, 7) is 1.68. The second-order valence-corrected chi connectivity index (χ2v) is 5.62. The number of carbonyl (C=O) groups is 1. The highest BCUT2D eigenvalue weighted by Crippen LogP contribution is 2.38. The molecule has 1 amide bonds. The lowest BCUT2D eigenvalue weighted by Crippen LogP contribution is -2.21. The lowest BCUT2D eigenvalue weighted by atomic mass is 10.2. The van der Waals surface area contributed by atoms with Crippen molar-refractivity contribution >= 4 is 23.2 Å². The highest BCUT2D eigenvalue weighted by Gasteiger charge is 2.15. The van der Waals surface area contributed by atoms with Crippen LogP contribution in [0.25, 0.3) is 0 Å². The van der Waals surface area contributed by atoms with Gasteiger partial charge in [0.2, 0.25) is 5.75 Å². The standard InChI is InChI=1S/C18H20ClNO5/c1-11-7-15(23-3)18(16(8-11)24-4)25-10-17(21)20-13-9-12(19)5-6-14(13)22-2/h5-9H,10H2,1-4H3,(H,20,21). The molecule has 7 heteroatoms. The zero-order valence-corrected chi connectivity index (χ0v) is 15.3. The van der Waals surface area contributed by atoms with Crippen molar-refractivity contribution in [2.45, 2.75) is 6.92 Å². The summed E-state index contributed by atoms with van der Waals surface area (Å²) in [5.74, 6) is 1.48. The first-order chi connectivity index (χ1) is 12.0. The molecular weight excluding hydrogens is 346 g/mol. The van der Waals surface area contributed by atoms with E-state index in [9.17, 15) is 4.79 Å². The molecule has 0 saturated heterocycles. The van der Waals surface area contributed by atoms with Gasteiger partial charge in [0.05, 0.1) is 27.0 Å². The van der Waals surface area contributed by atoms with Crippen molar-refractivity contribution < 1.29 is 23.7 Å². The van der Waals surface area contributed by atoms with Gasteiger partial charge in [-0.25, -0.2) is 0 Å². The summed E-state index contributed by atoms with van der Waals surface area (Å²) >= 11 is 5.95. The van der Waals surface area contributed by atoms with Crippen molar-refractivity contribution in [3.05, 3.63) is 40.9 Å². The maximum Gasteiger partial charge on any atom is 0.262 e. The zero-order valence-electron chi connectivity index (χ0n) is 14.5. The molecule has 0 aliphatic carbocycles. The monoisotopic (exact) mass is 365 g/mol. The van der Waals surface area contributed by atoms with Gasteiger partial charge in [0.1, 0.15) is 5.75 Å². The topological polar surface area (TPSA) is 66.0 Å². The number of halogens is 1. The molecule has 134 valence electrons. The first-order valence-corrected chi connectivity index (χ1v) is 7.85. The average molecular weight is 366 g/mol. The Kier molecular flexibility index (Phi) is 6.36. The van der Waals surface area contributed by atoms with Gasteiger partial charge >= 0.3 is 0 Å². The van der Waals surface area contributed by atoms with Crippen LogP contribution in [0.5, 0.6) is 23.0 Å². The second-order valence-electron chi connectivity index (χ2n) is 5.18. The normalized spacial score (nSPS) is 10.1. The smallest absolute Gasteiger partial charge is 0.262 e.